The molecule has 0 bridgehead atoms. The van der Waals surface area contributed by atoms with Crippen molar-refractivity contribution in [3.63, 3.8) is 0 Å². The second kappa shape index (κ2) is 16.8. The number of aliphatic hydroxyl groups is 2. The molecule has 0 aliphatic carbocycles. The maximum atomic E-state index is 14.5. The maximum Gasteiger partial charge on any atom is 0.389 e. The highest BCUT2D eigenvalue weighted by atomic mass is 32.7. The highest BCUT2D eigenvalue weighted by Crippen LogP contribution is 2.63. The number of fused-ring (bicyclic) bond motifs is 1. The number of nitrogens with two attached hydrogens (primary N) is 1. The summed E-state index contributed by atoms with van der Waals surface area (Å²) in [5.74, 6) is 0.251. The highest BCUT2D eigenvalue weighted by Gasteiger charge is 2.50. The van der Waals surface area contributed by atoms with Crippen molar-refractivity contribution in [3.05, 3.63) is 81.7 Å². The molecular formula is C31H39N8O11PS. The Morgan fingerprint density at radius 1 is 1.12 bits per heavy atom. The van der Waals surface area contributed by atoms with E-state index in [1.54, 1.807) is 28.8 Å². The number of nitrogens with one attached hydrogen (secondary N) is 2. The first-order chi connectivity index (χ1) is 25.1. The zero-order chi connectivity index (χ0) is 36.8. The molecule has 2 saturated heterocycles. The van der Waals surface area contributed by atoms with Crippen LogP contribution in [0.15, 0.2) is 64.8 Å². The number of amides is 1. The number of hydrogen-bond donors (Lipinski definition) is 5. The summed E-state index contributed by atoms with van der Waals surface area (Å²) in [5.41, 5.74) is 5.83. The SMILES string of the molecule is COC1[C@@H](OP(=O)(OC[C@H]2O[C@@H](n3cnc4c(N)ncnc43)C[C@H]2O)SCCCCNC(=O)c2ccccc2)[C@@H](CO)O[C@H]1n1ccc(=O)[nH]c1=O. The minimum atomic E-state index is -4.16. The molecule has 0 radical (unpaired) electrons. The van der Waals surface area contributed by atoms with Crippen LogP contribution in [0.4, 0.5) is 5.82 Å². The monoisotopic (exact) mass is 762 g/mol. The number of unbranched alkanes of at least 4 members (excludes halogenated alkanes) is 1. The minimum Gasteiger partial charge on any atom is -0.394 e. The first-order valence-corrected chi connectivity index (χ1v) is 19.5. The Hall–Kier alpha value is -3.98. The fraction of sp³-hybridized carbons (Fsp3) is 0.484. The van der Waals surface area contributed by atoms with Gasteiger partial charge in [-0.05, 0) is 36.4 Å². The topological polar surface area (TPSA) is 257 Å². The summed E-state index contributed by atoms with van der Waals surface area (Å²) in [4.78, 5) is 51.3. The Morgan fingerprint density at radius 3 is 2.67 bits per heavy atom. The lowest BCUT2D eigenvalue weighted by molar-refractivity contribution is -0.0625. The maximum absolute atomic E-state index is 14.5. The van der Waals surface area contributed by atoms with Crippen molar-refractivity contribution in [3.8, 4) is 0 Å². The smallest absolute Gasteiger partial charge is 0.389 e. The van der Waals surface area contributed by atoms with Gasteiger partial charge in [0.2, 0.25) is 0 Å². The van der Waals surface area contributed by atoms with Crippen LogP contribution in [-0.2, 0) is 27.8 Å². The number of anilines is 1. The van der Waals surface area contributed by atoms with Crippen LogP contribution in [0.3, 0.4) is 0 Å². The number of rotatable bonds is 16. The zero-order valence-corrected chi connectivity index (χ0v) is 29.6. The van der Waals surface area contributed by atoms with E-state index in [1.807, 2.05) is 6.07 Å². The van der Waals surface area contributed by atoms with Crippen molar-refractivity contribution in [1.29, 1.82) is 0 Å². The van der Waals surface area contributed by atoms with Gasteiger partial charge in [-0.25, -0.2) is 24.3 Å². The lowest BCUT2D eigenvalue weighted by Crippen LogP contribution is -2.39. The average Bonchev–Trinajstić information content (AvgIpc) is 3.84. The van der Waals surface area contributed by atoms with Crippen LogP contribution in [0.5, 0.6) is 0 Å². The molecule has 2 fully saturated rings. The average molecular weight is 763 g/mol. The molecule has 0 spiro atoms. The molecule has 0 saturated carbocycles. The van der Waals surface area contributed by atoms with E-state index in [4.69, 9.17) is 29.0 Å². The number of aliphatic hydroxyl groups excluding tert-OH is 2. The number of aromatic nitrogens is 6. The fourth-order valence-electron chi connectivity index (χ4n) is 5.91. The van der Waals surface area contributed by atoms with Gasteiger partial charge in [0.15, 0.2) is 17.7 Å². The largest absolute Gasteiger partial charge is 0.394 e. The van der Waals surface area contributed by atoms with Gasteiger partial charge in [-0.1, -0.05) is 18.2 Å². The fourth-order valence-corrected chi connectivity index (χ4v) is 9.49. The molecule has 2 aliphatic rings. The third-order valence-corrected chi connectivity index (χ3v) is 12.4. The quantitative estimate of drug-likeness (QED) is 0.0787. The summed E-state index contributed by atoms with van der Waals surface area (Å²) in [6, 6.07) is 9.92. The molecular weight excluding hydrogens is 723 g/mol. The van der Waals surface area contributed by atoms with Gasteiger partial charge >= 0.3 is 12.5 Å². The second-order valence-corrected chi connectivity index (χ2v) is 16.1. The third kappa shape index (κ3) is 8.46. The van der Waals surface area contributed by atoms with Crippen LogP contribution < -0.4 is 22.3 Å². The molecule has 52 heavy (non-hydrogen) atoms. The molecule has 6 N–H and O–H groups in total. The van der Waals surface area contributed by atoms with E-state index in [0.717, 1.165) is 22.0 Å². The lowest BCUT2D eigenvalue weighted by Gasteiger charge is -2.28. The Bertz CT molecular complexity index is 2000. The summed E-state index contributed by atoms with van der Waals surface area (Å²) >= 11 is 0.886. The van der Waals surface area contributed by atoms with Crippen LogP contribution in [0.1, 0.15) is 42.1 Å². The molecule has 6 rings (SSSR count). The van der Waals surface area contributed by atoms with E-state index in [1.165, 1.54) is 26.0 Å². The number of methoxy groups -OCH3 is 1. The number of carbonyl (C=O) groups is 1. The van der Waals surface area contributed by atoms with Gasteiger partial charge in [-0.3, -0.25) is 32.8 Å². The summed E-state index contributed by atoms with van der Waals surface area (Å²) in [7, 11) is 1.33. The third-order valence-electron chi connectivity index (χ3n) is 8.55. The molecule has 8 atom stereocenters. The zero-order valence-electron chi connectivity index (χ0n) is 27.9. The normalized spacial score (nSPS) is 25.7. The summed E-state index contributed by atoms with van der Waals surface area (Å²) in [6.07, 6.45) is -2.03. The number of nitrogens with zero attached hydrogens (tertiary/aromatic N) is 5. The standard InChI is InChI=1S/C31H39N8O11PS/c1-46-26-25(20(14-40)49-30(26)38-11-9-22(42)37-31(38)44)50-51(45,52-12-6-5-10-33-29(43)18-7-3-2-4-8-18)47-15-21-19(41)13-23(48-21)39-17-36-24-27(32)34-16-35-28(24)39/h2-4,7-9,11,16-17,19-21,23,25-26,30,40-41H,5-6,10,12-15H2,1H3,(H,33,43)(H2,32,34,35)(H,37,42,44)/t19-,20-,21-,23-,25+,26?,30-,51?/m1/s1. The first-order valence-electron chi connectivity index (χ1n) is 16.4. The van der Waals surface area contributed by atoms with Gasteiger partial charge in [0.05, 0.1) is 25.6 Å². The number of benzene rings is 1. The number of carbonyl (C=O) groups excluding carboxylic acids is 1. The van der Waals surface area contributed by atoms with Gasteiger partial charge in [0.1, 0.15) is 42.5 Å². The molecule has 4 aromatic rings. The predicted molar refractivity (Wildman–Crippen MR) is 186 cm³/mol. The molecule has 1 aromatic carbocycles. The highest BCUT2D eigenvalue weighted by molar-refractivity contribution is 8.55. The second-order valence-electron chi connectivity index (χ2n) is 12.0. The minimum absolute atomic E-state index is 0.140. The van der Waals surface area contributed by atoms with Crippen molar-refractivity contribution in [1.82, 2.24) is 34.4 Å². The van der Waals surface area contributed by atoms with Crippen molar-refractivity contribution < 1.29 is 42.8 Å². The number of hydrogen-bond acceptors (Lipinski definition) is 16. The Morgan fingerprint density at radius 2 is 1.92 bits per heavy atom. The van der Waals surface area contributed by atoms with Gasteiger partial charge in [0.25, 0.3) is 11.5 Å². The van der Waals surface area contributed by atoms with E-state index >= 15 is 0 Å². The molecule has 3 aromatic heterocycles. The Labute approximate surface area is 300 Å². The van der Waals surface area contributed by atoms with Crippen molar-refractivity contribution in [2.45, 2.75) is 62.2 Å². The molecule has 280 valence electrons. The van der Waals surface area contributed by atoms with Crippen LogP contribution >= 0.6 is 18.2 Å². The Balaban J connectivity index is 1.14. The van der Waals surface area contributed by atoms with Gasteiger partial charge < -0.3 is 35.5 Å². The van der Waals surface area contributed by atoms with Crippen LogP contribution in [-0.4, -0.2) is 108 Å². The van der Waals surface area contributed by atoms with E-state index in [0.29, 0.717) is 36.1 Å². The van der Waals surface area contributed by atoms with Gasteiger partial charge in [-0.15, -0.1) is 0 Å². The molecule has 2 unspecified atom stereocenters. The molecule has 1 amide bonds. The number of nitrogen functional groups attached to an aromatic ring is 1. The Kier molecular flexibility index (Phi) is 12.2. The first kappa shape index (κ1) is 37.8. The van der Waals surface area contributed by atoms with Gasteiger partial charge in [0, 0.05) is 43.7 Å². The molecule has 5 heterocycles. The number of imidazole rings is 1. The molecule has 19 nitrogen and oxygen atoms in total. The van der Waals surface area contributed by atoms with Crippen LogP contribution in [0.2, 0.25) is 0 Å². The summed E-state index contributed by atoms with van der Waals surface area (Å²) < 4.78 is 46.9. The summed E-state index contributed by atoms with van der Waals surface area (Å²) in [6.45, 7) is -4.74. The van der Waals surface area contributed by atoms with E-state index in [-0.39, 0.29) is 30.5 Å². The van der Waals surface area contributed by atoms with Crippen LogP contribution in [0.25, 0.3) is 11.2 Å². The van der Waals surface area contributed by atoms with E-state index < -0.39 is 67.6 Å². The van der Waals surface area contributed by atoms with E-state index in [2.05, 4.69) is 25.3 Å². The number of H-pyrrole nitrogens is 1. The molecule has 21 heteroatoms. The summed E-state index contributed by atoms with van der Waals surface area (Å²) in [5, 5.41) is 24.0. The van der Waals surface area contributed by atoms with Crippen molar-refractivity contribution in [2.24, 2.45) is 0 Å². The molecule has 2 aliphatic heterocycles. The number of ether oxygens (including phenoxy) is 3. The van der Waals surface area contributed by atoms with Crippen molar-refractivity contribution in [2.75, 3.05) is 38.4 Å². The number of aromatic amines is 1. The van der Waals surface area contributed by atoms with E-state index in [9.17, 15) is 29.2 Å². The van der Waals surface area contributed by atoms with Crippen molar-refractivity contribution >= 4 is 41.1 Å². The van der Waals surface area contributed by atoms with Crippen LogP contribution in [0, 0.1) is 0 Å². The van der Waals surface area contributed by atoms with Gasteiger partial charge in [-0.2, -0.15) is 0 Å². The lowest BCUT2D eigenvalue weighted by atomic mass is 10.1. The predicted octanol–water partition coefficient (Wildman–Crippen LogP) is 0.965.